The first-order valence-corrected chi connectivity index (χ1v) is 5.12. The Bertz CT molecular complexity index is 625. The second kappa shape index (κ2) is 4.06. The van der Waals surface area contributed by atoms with Crippen molar-refractivity contribution >= 4 is 22.6 Å². The SMILES string of the molecule is Cc1nc2ccc(Cl)cc2nc(C)/c1=N/O. The van der Waals surface area contributed by atoms with Crippen LogP contribution in [-0.2, 0) is 0 Å². The molecule has 0 radical (unpaired) electrons. The lowest BCUT2D eigenvalue weighted by Gasteiger charge is -1.91. The third-order valence-electron chi connectivity index (χ3n) is 2.30. The zero-order chi connectivity index (χ0) is 11.7. The molecular weight excluding hydrogens is 226 g/mol. The summed E-state index contributed by atoms with van der Waals surface area (Å²) in [5, 5.41) is 13.1. The summed E-state index contributed by atoms with van der Waals surface area (Å²) in [5.41, 5.74) is 2.65. The summed E-state index contributed by atoms with van der Waals surface area (Å²) < 4.78 is 0. The Balaban J connectivity index is 2.99. The van der Waals surface area contributed by atoms with E-state index in [2.05, 4.69) is 15.1 Å². The molecule has 1 aromatic carbocycles. The van der Waals surface area contributed by atoms with E-state index < -0.39 is 0 Å². The number of fused-ring (bicyclic) bond motifs is 1. The molecule has 16 heavy (non-hydrogen) atoms. The summed E-state index contributed by atoms with van der Waals surface area (Å²) in [6, 6.07) is 5.28. The van der Waals surface area contributed by atoms with E-state index in [1.165, 1.54) is 0 Å². The molecule has 0 unspecified atom stereocenters. The highest BCUT2D eigenvalue weighted by atomic mass is 35.5. The summed E-state index contributed by atoms with van der Waals surface area (Å²) in [6.45, 7) is 3.54. The van der Waals surface area contributed by atoms with Crippen LogP contribution >= 0.6 is 11.6 Å². The molecule has 4 nitrogen and oxygen atoms in total. The number of rotatable bonds is 0. The average Bonchev–Trinajstić information content (AvgIpc) is 2.33. The van der Waals surface area contributed by atoms with Crippen LogP contribution in [0.4, 0.5) is 0 Å². The number of hydrogen-bond donors (Lipinski definition) is 1. The van der Waals surface area contributed by atoms with Crippen molar-refractivity contribution in [3.05, 3.63) is 40.0 Å². The highest BCUT2D eigenvalue weighted by Crippen LogP contribution is 2.14. The number of halogens is 1. The van der Waals surface area contributed by atoms with Gasteiger partial charge in [-0.05, 0) is 32.0 Å². The molecule has 1 N–H and O–H groups in total. The molecule has 2 rings (SSSR count). The average molecular weight is 236 g/mol. The quantitative estimate of drug-likeness (QED) is 0.563. The second-order valence-corrected chi connectivity index (χ2v) is 3.91. The molecule has 0 atom stereocenters. The summed E-state index contributed by atoms with van der Waals surface area (Å²) in [6.07, 6.45) is 0. The zero-order valence-corrected chi connectivity index (χ0v) is 9.65. The number of nitrogens with zero attached hydrogens (tertiary/aromatic N) is 3. The Morgan fingerprint density at radius 1 is 1.12 bits per heavy atom. The van der Waals surface area contributed by atoms with Crippen molar-refractivity contribution < 1.29 is 5.21 Å². The summed E-state index contributed by atoms with van der Waals surface area (Å²) in [7, 11) is 0. The van der Waals surface area contributed by atoms with Crippen LogP contribution in [0.25, 0.3) is 11.0 Å². The molecule has 82 valence electrons. The second-order valence-electron chi connectivity index (χ2n) is 3.48. The van der Waals surface area contributed by atoms with Gasteiger partial charge in [0.1, 0.15) is 5.36 Å². The molecule has 0 fully saturated rings. The Morgan fingerprint density at radius 3 is 2.38 bits per heavy atom. The minimum Gasteiger partial charge on any atom is -0.410 e. The molecule has 2 aromatic rings. The maximum Gasteiger partial charge on any atom is 0.144 e. The van der Waals surface area contributed by atoms with Gasteiger partial charge in [0.2, 0.25) is 0 Å². The Morgan fingerprint density at radius 2 is 1.75 bits per heavy atom. The van der Waals surface area contributed by atoms with E-state index in [-0.39, 0.29) is 0 Å². The predicted molar refractivity (Wildman–Crippen MR) is 61.4 cm³/mol. The van der Waals surface area contributed by atoms with Crippen LogP contribution in [0.3, 0.4) is 0 Å². The number of hydrogen-bond acceptors (Lipinski definition) is 4. The number of benzene rings is 1. The van der Waals surface area contributed by atoms with Crippen LogP contribution < -0.4 is 5.36 Å². The topological polar surface area (TPSA) is 58.4 Å². The van der Waals surface area contributed by atoms with Gasteiger partial charge in [-0.15, -0.1) is 0 Å². The number of aryl methyl sites for hydroxylation is 2. The molecule has 0 bridgehead atoms. The highest BCUT2D eigenvalue weighted by Gasteiger charge is 2.02. The van der Waals surface area contributed by atoms with Gasteiger partial charge in [0.15, 0.2) is 0 Å². The van der Waals surface area contributed by atoms with Gasteiger partial charge in [0.05, 0.1) is 22.4 Å². The van der Waals surface area contributed by atoms with Crippen molar-refractivity contribution in [2.45, 2.75) is 13.8 Å². The van der Waals surface area contributed by atoms with Gasteiger partial charge in [-0.3, -0.25) is 0 Å². The molecule has 1 aromatic heterocycles. The molecule has 5 heteroatoms. The minimum atomic E-state index is 0.396. The maximum absolute atomic E-state index is 8.89. The first-order valence-electron chi connectivity index (χ1n) is 4.75. The van der Waals surface area contributed by atoms with E-state index in [0.29, 0.717) is 27.3 Å². The van der Waals surface area contributed by atoms with Crippen LogP contribution in [0, 0.1) is 13.8 Å². The Labute approximate surface area is 97.2 Å². The van der Waals surface area contributed by atoms with Crippen LogP contribution in [0.5, 0.6) is 0 Å². The van der Waals surface area contributed by atoms with E-state index in [1.54, 1.807) is 32.0 Å². The van der Waals surface area contributed by atoms with Crippen LogP contribution in [0.2, 0.25) is 5.02 Å². The van der Waals surface area contributed by atoms with Crippen molar-refractivity contribution in [3.63, 3.8) is 0 Å². The predicted octanol–water partition coefficient (Wildman–Crippen LogP) is 2.19. The largest absolute Gasteiger partial charge is 0.410 e. The molecule has 0 amide bonds. The first-order chi connectivity index (χ1) is 7.61. The van der Waals surface area contributed by atoms with Gasteiger partial charge >= 0.3 is 0 Å². The molecule has 0 aliphatic heterocycles. The fourth-order valence-corrected chi connectivity index (χ4v) is 1.72. The monoisotopic (exact) mass is 235 g/mol. The van der Waals surface area contributed by atoms with E-state index >= 15 is 0 Å². The van der Waals surface area contributed by atoms with E-state index in [0.717, 1.165) is 5.52 Å². The van der Waals surface area contributed by atoms with Gasteiger partial charge in [0.25, 0.3) is 0 Å². The van der Waals surface area contributed by atoms with Gasteiger partial charge in [-0.25, -0.2) is 9.97 Å². The minimum absolute atomic E-state index is 0.396. The summed E-state index contributed by atoms with van der Waals surface area (Å²) >= 11 is 5.89. The van der Waals surface area contributed by atoms with Crippen LogP contribution in [-0.4, -0.2) is 15.2 Å². The zero-order valence-electron chi connectivity index (χ0n) is 8.90. The van der Waals surface area contributed by atoms with Crippen molar-refractivity contribution in [2.24, 2.45) is 5.16 Å². The highest BCUT2D eigenvalue weighted by molar-refractivity contribution is 6.31. The standard InChI is InChI=1S/C11H10ClN3O/c1-6-11(15-16)7(2)14-10-5-8(12)3-4-9(10)13-6/h3-5,16H,1-2H3/b15-11+. The van der Waals surface area contributed by atoms with Crippen LogP contribution in [0.1, 0.15) is 11.4 Å². The Kier molecular flexibility index (Phi) is 2.75. The maximum atomic E-state index is 8.89. The molecule has 1 heterocycles. The lowest BCUT2D eigenvalue weighted by molar-refractivity contribution is 0.300. The van der Waals surface area contributed by atoms with Gasteiger partial charge in [-0.1, -0.05) is 16.8 Å². The molecule has 0 saturated carbocycles. The fourth-order valence-electron chi connectivity index (χ4n) is 1.55. The molecule has 0 spiro atoms. The van der Waals surface area contributed by atoms with Crippen molar-refractivity contribution in [3.8, 4) is 0 Å². The lowest BCUT2D eigenvalue weighted by Crippen LogP contribution is -2.10. The van der Waals surface area contributed by atoms with E-state index in [9.17, 15) is 0 Å². The molecule has 0 saturated heterocycles. The van der Waals surface area contributed by atoms with Gasteiger partial charge in [-0.2, -0.15) is 0 Å². The first kappa shape index (κ1) is 10.8. The Hall–Kier alpha value is -1.68. The smallest absolute Gasteiger partial charge is 0.144 e. The van der Waals surface area contributed by atoms with Crippen molar-refractivity contribution in [2.75, 3.05) is 0 Å². The van der Waals surface area contributed by atoms with Gasteiger partial charge in [0, 0.05) is 5.02 Å². The van der Waals surface area contributed by atoms with E-state index in [4.69, 9.17) is 16.8 Å². The third-order valence-corrected chi connectivity index (χ3v) is 2.53. The van der Waals surface area contributed by atoms with Crippen LogP contribution in [0.15, 0.2) is 23.4 Å². The van der Waals surface area contributed by atoms with Gasteiger partial charge < -0.3 is 5.21 Å². The molecule has 0 aliphatic rings. The normalized spacial score (nSPS) is 12.1. The fraction of sp³-hybridized carbons (Fsp3) is 0.182. The molecule has 0 aliphatic carbocycles. The summed E-state index contributed by atoms with van der Waals surface area (Å²) in [5.74, 6) is 0. The third kappa shape index (κ3) is 1.84. The number of aromatic nitrogens is 2. The summed E-state index contributed by atoms with van der Waals surface area (Å²) in [4.78, 5) is 8.67. The van der Waals surface area contributed by atoms with E-state index in [1.807, 2.05) is 0 Å². The lowest BCUT2D eigenvalue weighted by atomic mass is 10.3. The molecular formula is C11H10ClN3O. The van der Waals surface area contributed by atoms with Crippen molar-refractivity contribution in [1.82, 2.24) is 9.97 Å². The van der Waals surface area contributed by atoms with Crippen molar-refractivity contribution in [1.29, 1.82) is 0 Å².